The SMILES string of the molecule is CCN1CCC[C@H]1CNC(=O)c1ccc(NC2CC2)c([N+](=O)[O-])c1. The lowest BCUT2D eigenvalue weighted by Gasteiger charge is -2.22. The van der Waals surface area contributed by atoms with Crippen molar-refractivity contribution >= 4 is 17.3 Å². The molecule has 1 aliphatic heterocycles. The van der Waals surface area contributed by atoms with Crippen LogP contribution < -0.4 is 10.6 Å². The highest BCUT2D eigenvalue weighted by Gasteiger charge is 2.26. The number of nitrogens with one attached hydrogen (secondary N) is 2. The number of benzene rings is 1. The number of carbonyl (C=O) groups excluding carboxylic acids is 1. The minimum atomic E-state index is -0.433. The van der Waals surface area contributed by atoms with Crippen molar-refractivity contribution in [2.24, 2.45) is 0 Å². The van der Waals surface area contributed by atoms with E-state index in [-0.39, 0.29) is 11.6 Å². The van der Waals surface area contributed by atoms with E-state index in [0.29, 0.717) is 29.9 Å². The Morgan fingerprint density at radius 3 is 2.83 bits per heavy atom. The van der Waals surface area contributed by atoms with Gasteiger partial charge in [0.25, 0.3) is 11.6 Å². The predicted molar refractivity (Wildman–Crippen MR) is 92.3 cm³/mol. The Kier molecular flexibility index (Phi) is 4.99. The lowest BCUT2D eigenvalue weighted by atomic mass is 10.1. The van der Waals surface area contributed by atoms with Gasteiger partial charge in [-0.2, -0.15) is 0 Å². The molecule has 1 saturated carbocycles. The summed E-state index contributed by atoms with van der Waals surface area (Å²) in [4.78, 5) is 25.5. The van der Waals surface area contributed by atoms with E-state index in [2.05, 4.69) is 22.5 Å². The molecule has 1 saturated heterocycles. The summed E-state index contributed by atoms with van der Waals surface area (Å²) in [5, 5.41) is 17.3. The van der Waals surface area contributed by atoms with Gasteiger partial charge in [0.1, 0.15) is 5.69 Å². The average Bonchev–Trinajstić information content (AvgIpc) is 3.27. The molecule has 2 fully saturated rings. The molecule has 1 aliphatic carbocycles. The Morgan fingerprint density at radius 2 is 2.17 bits per heavy atom. The molecule has 3 rings (SSSR count). The zero-order chi connectivity index (χ0) is 17.1. The van der Waals surface area contributed by atoms with Gasteiger partial charge in [0.2, 0.25) is 0 Å². The molecule has 1 heterocycles. The van der Waals surface area contributed by atoms with Crippen molar-refractivity contribution in [1.82, 2.24) is 10.2 Å². The molecule has 2 aliphatic rings. The fourth-order valence-corrected chi connectivity index (χ4v) is 3.25. The van der Waals surface area contributed by atoms with Crippen LogP contribution in [0.3, 0.4) is 0 Å². The molecule has 0 spiro atoms. The number of nitrogens with zero attached hydrogens (tertiary/aromatic N) is 2. The van der Waals surface area contributed by atoms with Crippen molar-refractivity contribution in [3.63, 3.8) is 0 Å². The zero-order valence-electron chi connectivity index (χ0n) is 14.0. The first-order valence-electron chi connectivity index (χ1n) is 8.65. The lowest BCUT2D eigenvalue weighted by Crippen LogP contribution is -2.40. The van der Waals surface area contributed by atoms with E-state index in [0.717, 1.165) is 38.8 Å². The van der Waals surface area contributed by atoms with E-state index >= 15 is 0 Å². The average molecular weight is 332 g/mol. The third kappa shape index (κ3) is 3.84. The van der Waals surface area contributed by atoms with Crippen LogP contribution in [0.2, 0.25) is 0 Å². The highest BCUT2D eigenvalue weighted by atomic mass is 16.6. The summed E-state index contributed by atoms with van der Waals surface area (Å²) in [6, 6.07) is 5.35. The molecule has 2 N–H and O–H groups in total. The number of rotatable bonds is 7. The van der Waals surface area contributed by atoms with Crippen molar-refractivity contribution in [3.05, 3.63) is 33.9 Å². The lowest BCUT2D eigenvalue weighted by molar-refractivity contribution is -0.384. The summed E-state index contributed by atoms with van der Waals surface area (Å²) in [5.41, 5.74) is 0.793. The van der Waals surface area contributed by atoms with Crippen molar-refractivity contribution < 1.29 is 9.72 Å². The maximum absolute atomic E-state index is 12.3. The largest absolute Gasteiger partial charge is 0.377 e. The first-order valence-corrected chi connectivity index (χ1v) is 8.65. The number of hydrogen-bond acceptors (Lipinski definition) is 5. The van der Waals surface area contributed by atoms with E-state index in [1.807, 2.05) is 0 Å². The molecule has 0 unspecified atom stereocenters. The van der Waals surface area contributed by atoms with Gasteiger partial charge in [0.15, 0.2) is 0 Å². The maximum atomic E-state index is 12.3. The van der Waals surface area contributed by atoms with Gasteiger partial charge in [-0.25, -0.2) is 0 Å². The second kappa shape index (κ2) is 7.17. The molecular weight excluding hydrogens is 308 g/mol. The van der Waals surface area contributed by atoms with Crippen molar-refractivity contribution in [2.75, 3.05) is 25.0 Å². The molecule has 0 radical (unpaired) electrons. The third-order valence-corrected chi connectivity index (χ3v) is 4.80. The van der Waals surface area contributed by atoms with E-state index in [1.54, 1.807) is 12.1 Å². The number of nitro groups is 1. The quantitative estimate of drug-likeness (QED) is 0.591. The standard InChI is InChI=1S/C17H24N4O3/c1-2-20-9-3-4-14(20)11-18-17(22)12-5-8-15(19-13-6-7-13)16(10-12)21(23)24/h5,8,10,13-14,19H,2-4,6-7,9,11H2,1H3,(H,18,22)/t14-/m0/s1. The number of likely N-dealkylation sites (tertiary alicyclic amines) is 1. The fraction of sp³-hybridized carbons (Fsp3) is 0.588. The van der Waals surface area contributed by atoms with Crippen LogP contribution in [0.4, 0.5) is 11.4 Å². The van der Waals surface area contributed by atoms with Crippen LogP contribution in [0.5, 0.6) is 0 Å². The highest BCUT2D eigenvalue weighted by molar-refractivity contribution is 5.95. The monoisotopic (exact) mass is 332 g/mol. The van der Waals surface area contributed by atoms with Gasteiger partial charge in [0.05, 0.1) is 4.92 Å². The molecule has 1 aromatic carbocycles. The molecule has 0 bridgehead atoms. The second-order valence-electron chi connectivity index (χ2n) is 6.54. The third-order valence-electron chi connectivity index (χ3n) is 4.80. The topological polar surface area (TPSA) is 87.5 Å². The van der Waals surface area contributed by atoms with Gasteiger partial charge in [-0.3, -0.25) is 19.8 Å². The first kappa shape index (κ1) is 16.7. The number of nitro benzene ring substituents is 1. The van der Waals surface area contributed by atoms with Crippen LogP contribution in [0.1, 0.15) is 43.0 Å². The van der Waals surface area contributed by atoms with Gasteiger partial charge in [-0.05, 0) is 50.9 Å². The van der Waals surface area contributed by atoms with Crippen molar-refractivity contribution in [3.8, 4) is 0 Å². The van der Waals surface area contributed by atoms with Crippen LogP contribution in [-0.2, 0) is 0 Å². The van der Waals surface area contributed by atoms with Gasteiger partial charge >= 0.3 is 0 Å². The van der Waals surface area contributed by atoms with Crippen molar-refractivity contribution in [1.29, 1.82) is 0 Å². The molecule has 1 atom stereocenters. The van der Waals surface area contributed by atoms with Crippen LogP contribution in [-0.4, -0.2) is 47.4 Å². The zero-order valence-corrected chi connectivity index (χ0v) is 14.0. The number of likely N-dealkylation sites (N-methyl/N-ethyl adjacent to an activating group) is 1. The van der Waals surface area contributed by atoms with E-state index < -0.39 is 4.92 Å². The van der Waals surface area contributed by atoms with Gasteiger partial charge in [0, 0.05) is 30.3 Å². The molecule has 1 aromatic rings. The molecular formula is C17H24N4O3. The van der Waals surface area contributed by atoms with Gasteiger partial charge in [-0.15, -0.1) is 0 Å². The Labute approximate surface area is 141 Å². The molecule has 24 heavy (non-hydrogen) atoms. The van der Waals surface area contributed by atoms with Crippen LogP contribution in [0.25, 0.3) is 0 Å². The molecule has 7 nitrogen and oxygen atoms in total. The van der Waals surface area contributed by atoms with E-state index in [9.17, 15) is 14.9 Å². The normalized spacial score (nSPS) is 20.8. The summed E-state index contributed by atoms with van der Waals surface area (Å²) in [5.74, 6) is -0.251. The van der Waals surface area contributed by atoms with Crippen molar-refractivity contribution in [2.45, 2.75) is 44.7 Å². The Balaban J connectivity index is 1.65. The number of hydrogen-bond donors (Lipinski definition) is 2. The summed E-state index contributed by atoms with van der Waals surface area (Å²) >= 11 is 0. The Hall–Kier alpha value is -2.15. The Morgan fingerprint density at radius 1 is 1.38 bits per heavy atom. The maximum Gasteiger partial charge on any atom is 0.293 e. The van der Waals surface area contributed by atoms with Crippen LogP contribution in [0.15, 0.2) is 18.2 Å². The van der Waals surface area contributed by atoms with Crippen LogP contribution in [0, 0.1) is 10.1 Å². The minimum Gasteiger partial charge on any atom is -0.377 e. The molecule has 7 heteroatoms. The molecule has 1 amide bonds. The number of carbonyl (C=O) groups is 1. The van der Waals surface area contributed by atoms with E-state index in [1.165, 1.54) is 6.07 Å². The molecule has 130 valence electrons. The second-order valence-corrected chi connectivity index (χ2v) is 6.54. The molecule has 0 aromatic heterocycles. The summed E-state index contributed by atoms with van der Waals surface area (Å²) in [6.45, 7) is 4.76. The van der Waals surface area contributed by atoms with E-state index in [4.69, 9.17) is 0 Å². The van der Waals surface area contributed by atoms with Crippen LogP contribution >= 0.6 is 0 Å². The first-order chi connectivity index (χ1) is 11.6. The predicted octanol–water partition coefficient (Wildman–Crippen LogP) is 2.38. The van der Waals surface area contributed by atoms with Gasteiger partial charge in [-0.1, -0.05) is 6.92 Å². The summed E-state index contributed by atoms with van der Waals surface area (Å²) in [6.07, 6.45) is 4.31. The van der Waals surface area contributed by atoms with Gasteiger partial charge < -0.3 is 10.6 Å². The smallest absolute Gasteiger partial charge is 0.293 e. The number of anilines is 1. The fourth-order valence-electron chi connectivity index (χ4n) is 3.25. The summed E-state index contributed by atoms with van der Waals surface area (Å²) < 4.78 is 0. The number of amides is 1. The summed E-state index contributed by atoms with van der Waals surface area (Å²) in [7, 11) is 0. The highest BCUT2D eigenvalue weighted by Crippen LogP contribution is 2.31. The minimum absolute atomic E-state index is 0.0365. The Bertz CT molecular complexity index is 630.